The summed E-state index contributed by atoms with van der Waals surface area (Å²) in [7, 11) is 0. The molecular formula is C12H23NO2. The van der Waals surface area contributed by atoms with Crippen molar-refractivity contribution in [2.45, 2.75) is 46.6 Å². The molecule has 0 aromatic rings. The molecule has 0 spiro atoms. The molecule has 0 aliphatic carbocycles. The van der Waals surface area contributed by atoms with Gasteiger partial charge in [-0.1, -0.05) is 33.8 Å². The lowest BCUT2D eigenvalue weighted by molar-refractivity contribution is -0.113. The van der Waals surface area contributed by atoms with E-state index >= 15 is 0 Å². The molecule has 0 rings (SSSR count). The van der Waals surface area contributed by atoms with E-state index in [1.165, 1.54) is 6.08 Å². The van der Waals surface area contributed by atoms with Crippen molar-refractivity contribution in [1.29, 1.82) is 0 Å². The Morgan fingerprint density at radius 3 is 2.40 bits per heavy atom. The first-order valence-electron chi connectivity index (χ1n) is 5.37. The van der Waals surface area contributed by atoms with Crippen molar-refractivity contribution in [2.24, 2.45) is 17.1 Å². The molecule has 3 heteroatoms. The van der Waals surface area contributed by atoms with Crippen LogP contribution in [0.1, 0.15) is 40.5 Å². The maximum Gasteiger partial charge on any atom is 0.241 e. The van der Waals surface area contributed by atoms with Gasteiger partial charge in [0.05, 0.1) is 6.10 Å². The Morgan fingerprint density at radius 2 is 2.00 bits per heavy atom. The van der Waals surface area contributed by atoms with E-state index < -0.39 is 5.91 Å². The van der Waals surface area contributed by atoms with Gasteiger partial charge in [0.15, 0.2) is 0 Å². The van der Waals surface area contributed by atoms with Crippen LogP contribution >= 0.6 is 0 Å². The monoisotopic (exact) mass is 213 g/mol. The number of hydrogen-bond acceptors (Lipinski definition) is 2. The van der Waals surface area contributed by atoms with Gasteiger partial charge in [-0.3, -0.25) is 4.79 Å². The van der Waals surface area contributed by atoms with E-state index in [0.717, 1.165) is 12.8 Å². The van der Waals surface area contributed by atoms with Crippen LogP contribution in [-0.4, -0.2) is 17.1 Å². The fourth-order valence-corrected chi connectivity index (χ4v) is 1.25. The lowest BCUT2D eigenvalue weighted by Crippen LogP contribution is -2.27. The van der Waals surface area contributed by atoms with Gasteiger partial charge in [-0.15, -0.1) is 0 Å². The van der Waals surface area contributed by atoms with Crippen LogP contribution in [0, 0.1) is 11.3 Å². The topological polar surface area (TPSA) is 63.3 Å². The van der Waals surface area contributed by atoms with Gasteiger partial charge in [0, 0.05) is 0 Å². The molecule has 0 fully saturated rings. The number of amides is 1. The number of aliphatic hydroxyl groups is 1. The molecule has 0 aliphatic rings. The van der Waals surface area contributed by atoms with Gasteiger partial charge in [-0.2, -0.15) is 0 Å². The second kappa shape index (κ2) is 5.91. The summed E-state index contributed by atoms with van der Waals surface area (Å²) >= 11 is 0. The van der Waals surface area contributed by atoms with Gasteiger partial charge in [0.1, 0.15) is 0 Å². The molecule has 3 nitrogen and oxygen atoms in total. The average molecular weight is 213 g/mol. The van der Waals surface area contributed by atoms with Gasteiger partial charge in [0.2, 0.25) is 5.91 Å². The quantitative estimate of drug-likeness (QED) is 0.685. The summed E-state index contributed by atoms with van der Waals surface area (Å²) in [6, 6.07) is 0. The Bertz CT molecular complexity index is 228. The number of allylic oxidation sites excluding steroid dienone is 1. The van der Waals surface area contributed by atoms with Crippen molar-refractivity contribution < 1.29 is 9.90 Å². The number of aliphatic hydroxyl groups excluding tert-OH is 1. The minimum atomic E-state index is -0.418. The number of rotatable bonds is 5. The van der Waals surface area contributed by atoms with Crippen LogP contribution in [0.5, 0.6) is 0 Å². The highest BCUT2D eigenvalue weighted by Crippen LogP contribution is 2.25. The number of hydrogen-bond donors (Lipinski definition) is 2. The highest BCUT2D eigenvalue weighted by atomic mass is 16.3. The van der Waals surface area contributed by atoms with Crippen LogP contribution in [0.25, 0.3) is 0 Å². The molecule has 0 heterocycles. The zero-order valence-electron chi connectivity index (χ0n) is 10.2. The molecule has 3 N–H and O–H groups in total. The summed E-state index contributed by atoms with van der Waals surface area (Å²) in [6.45, 7) is 8.11. The van der Waals surface area contributed by atoms with Gasteiger partial charge in [0.25, 0.3) is 0 Å². The van der Waals surface area contributed by atoms with Crippen LogP contribution < -0.4 is 5.73 Å². The molecule has 88 valence electrons. The minimum absolute atomic E-state index is 0.0817. The van der Waals surface area contributed by atoms with E-state index in [1.54, 1.807) is 6.08 Å². The predicted molar refractivity (Wildman–Crippen MR) is 62.2 cm³/mol. The Labute approximate surface area is 92.4 Å². The molecule has 0 bridgehead atoms. The third-order valence-electron chi connectivity index (χ3n) is 2.45. The Hall–Kier alpha value is -0.830. The number of nitrogens with two attached hydrogens (primary N) is 1. The third-order valence-corrected chi connectivity index (χ3v) is 2.45. The zero-order valence-corrected chi connectivity index (χ0v) is 10.2. The van der Waals surface area contributed by atoms with Gasteiger partial charge < -0.3 is 10.8 Å². The summed E-state index contributed by atoms with van der Waals surface area (Å²) in [5.41, 5.74) is 4.89. The lowest BCUT2D eigenvalue weighted by Gasteiger charge is -2.27. The summed E-state index contributed by atoms with van der Waals surface area (Å²) in [6.07, 6.45) is 4.35. The number of primary amides is 1. The van der Waals surface area contributed by atoms with Crippen molar-refractivity contribution in [1.82, 2.24) is 0 Å². The Morgan fingerprint density at radius 1 is 1.47 bits per heavy atom. The van der Waals surface area contributed by atoms with E-state index in [2.05, 4.69) is 6.92 Å². The van der Waals surface area contributed by atoms with Crippen LogP contribution in [0.4, 0.5) is 0 Å². The van der Waals surface area contributed by atoms with Crippen LogP contribution in [0.3, 0.4) is 0 Å². The fourth-order valence-electron chi connectivity index (χ4n) is 1.25. The molecular weight excluding hydrogens is 190 g/mol. The van der Waals surface area contributed by atoms with Crippen LogP contribution in [-0.2, 0) is 4.79 Å². The summed E-state index contributed by atoms with van der Waals surface area (Å²) < 4.78 is 0. The predicted octanol–water partition coefficient (Wildman–Crippen LogP) is 1.85. The fraction of sp³-hybridized carbons (Fsp3) is 0.750. The van der Waals surface area contributed by atoms with Crippen molar-refractivity contribution in [3.05, 3.63) is 12.2 Å². The molecule has 2 atom stereocenters. The molecule has 0 saturated heterocycles. The van der Waals surface area contributed by atoms with E-state index in [-0.39, 0.29) is 11.5 Å². The normalized spacial score (nSPS) is 16.6. The summed E-state index contributed by atoms with van der Waals surface area (Å²) in [5, 5.41) is 9.85. The highest BCUT2D eigenvalue weighted by molar-refractivity contribution is 5.85. The third kappa shape index (κ3) is 7.14. The lowest BCUT2D eigenvalue weighted by atomic mass is 9.83. The van der Waals surface area contributed by atoms with Crippen LogP contribution in [0.2, 0.25) is 0 Å². The Balaban J connectivity index is 3.94. The number of carbonyl (C=O) groups is 1. The first kappa shape index (κ1) is 14.2. The van der Waals surface area contributed by atoms with Crippen LogP contribution in [0.15, 0.2) is 12.2 Å². The molecule has 0 aromatic carbocycles. The summed E-state index contributed by atoms with van der Waals surface area (Å²) in [5.74, 6) is -0.0617. The average Bonchev–Trinajstić information content (AvgIpc) is 2.01. The largest absolute Gasteiger partial charge is 0.393 e. The molecule has 0 radical (unpaired) electrons. The van der Waals surface area contributed by atoms with E-state index in [0.29, 0.717) is 5.92 Å². The maximum absolute atomic E-state index is 10.4. The minimum Gasteiger partial charge on any atom is -0.393 e. The molecule has 1 amide bonds. The van der Waals surface area contributed by atoms with E-state index in [4.69, 9.17) is 5.73 Å². The summed E-state index contributed by atoms with van der Waals surface area (Å²) in [4.78, 5) is 10.4. The van der Waals surface area contributed by atoms with E-state index in [1.807, 2.05) is 20.8 Å². The SMILES string of the molecule is C[C@H](C/C=C/C(N)=O)C[C@@H](O)C(C)(C)C. The molecule has 0 saturated carbocycles. The van der Waals surface area contributed by atoms with Crippen molar-refractivity contribution in [3.63, 3.8) is 0 Å². The van der Waals surface area contributed by atoms with Crippen molar-refractivity contribution >= 4 is 5.91 Å². The first-order chi connectivity index (χ1) is 6.73. The first-order valence-corrected chi connectivity index (χ1v) is 5.37. The Kier molecular flexibility index (Phi) is 5.58. The number of carbonyl (C=O) groups excluding carboxylic acids is 1. The van der Waals surface area contributed by atoms with Gasteiger partial charge in [-0.05, 0) is 30.3 Å². The molecule has 0 unspecified atom stereocenters. The second-order valence-corrected chi connectivity index (χ2v) is 5.26. The molecule has 0 aromatic heterocycles. The standard InChI is InChI=1S/C12H23NO2/c1-9(6-5-7-11(13)15)8-10(14)12(2,3)4/h5,7,9-10,14H,6,8H2,1-4H3,(H2,13,15)/b7-5+/t9-,10-/m1/s1. The second-order valence-electron chi connectivity index (χ2n) is 5.26. The van der Waals surface area contributed by atoms with Crippen molar-refractivity contribution in [3.8, 4) is 0 Å². The van der Waals surface area contributed by atoms with E-state index in [9.17, 15) is 9.90 Å². The maximum atomic E-state index is 10.4. The zero-order chi connectivity index (χ0) is 12.1. The van der Waals surface area contributed by atoms with Crippen molar-refractivity contribution in [2.75, 3.05) is 0 Å². The van der Waals surface area contributed by atoms with Gasteiger partial charge >= 0.3 is 0 Å². The molecule has 15 heavy (non-hydrogen) atoms. The van der Waals surface area contributed by atoms with Gasteiger partial charge in [-0.25, -0.2) is 0 Å². The smallest absolute Gasteiger partial charge is 0.241 e. The highest BCUT2D eigenvalue weighted by Gasteiger charge is 2.23. The molecule has 0 aliphatic heterocycles.